The Bertz CT molecular complexity index is 1710. The van der Waals surface area contributed by atoms with Gasteiger partial charge in [-0.05, 0) is 70.1 Å². The van der Waals surface area contributed by atoms with E-state index in [0.717, 1.165) is 33.0 Å². The largest absolute Gasteiger partial charge is 0.489 e. The molecular weight excluding hydrogens is 564 g/mol. The van der Waals surface area contributed by atoms with Crippen LogP contribution in [0.15, 0.2) is 89.8 Å². The van der Waals surface area contributed by atoms with Crippen LogP contribution in [-0.4, -0.2) is 41.6 Å². The van der Waals surface area contributed by atoms with Crippen LogP contribution in [0.1, 0.15) is 21.5 Å². The number of anilines is 1. The third kappa shape index (κ3) is 6.42. The zero-order chi connectivity index (χ0) is 28.9. The molecule has 4 aromatic carbocycles. The van der Waals surface area contributed by atoms with Crippen molar-refractivity contribution in [3.63, 3.8) is 0 Å². The van der Waals surface area contributed by atoms with E-state index in [0.29, 0.717) is 17.9 Å². The number of thioether (sulfide) groups is 1. The molecule has 0 unspecified atom stereocenters. The maximum absolute atomic E-state index is 13.0. The number of carbonyl (C=O) groups excluding carboxylic acids is 4. The summed E-state index contributed by atoms with van der Waals surface area (Å²) < 4.78 is 10.7. The summed E-state index contributed by atoms with van der Waals surface area (Å²) in [7, 11) is 1.22. The Morgan fingerprint density at radius 1 is 0.976 bits per heavy atom. The van der Waals surface area contributed by atoms with Gasteiger partial charge in [0.05, 0.1) is 22.6 Å². The number of esters is 1. The first-order valence-corrected chi connectivity index (χ1v) is 13.6. The molecule has 0 aliphatic carbocycles. The number of nitrogens with one attached hydrogen (secondary N) is 1. The molecular formula is C31H23ClN2O6S. The van der Waals surface area contributed by atoms with Crippen LogP contribution in [0, 0.1) is 0 Å². The first-order valence-electron chi connectivity index (χ1n) is 12.4. The normalized spacial score (nSPS) is 14.0. The highest BCUT2D eigenvalue weighted by molar-refractivity contribution is 8.18. The van der Waals surface area contributed by atoms with Crippen molar-refractivity contribution in [1.82, 2.24) is 4.90 Å². The smallest absolute Gasteiger partial charge is 0.339 e. The summed E-state index contributed by atoms with van der Waals surface area (Å²) in [5.41, 5.74) is 2.06. The highest BCUT2D eigenvalue weighted by Gasteiger charge is 2.36. The first-order chi connectivity index (χ1) is 19.8. The lowest BCUT2D eigenvalue weighted by Crippen LogP contribution is -2.36. The fraction of sp³-hybridized carbons (Fsp3) is 0.0968. The van der Waals surface area contributed by atoms with Gasteiger partial charge in [-0.3, -0.25) is 19.3 Å². The van der Waals surface area contributed by atoms with Crippen molar-refractivity contribution in [2.24, 2.45) is 0 Å². The lowest BCUT2D eigenvalue weighted by molar-refractivity contribution is -0.127. The van der Waals surface area contributed by atoms with E-state index in [-0.39, 0.29) is 21.2 Å². The molecule has 0 atom stereocenters. The topological polar surface area (TPSA) is 102 Å². The molecule has 1 saturated heterocycles. The third-order valence-electron chi connectivity index (χ3n) is 6.26. The van der Waals surface area contributed by atoms with E-state index in [9.17, 15) is 19.2 Å². The van der Waals surface area contributed by atoms with Gasteiger partial charge in [0.1, 0.15) is 18.9 Å². The quantitative estimate of drug-likeness (QED) is 0.185. The molecule has 5 rings (SSSR count). The Morgan fingerprint density at radius 3 is 2.59 bits per heavy atom. The van der Waals surface area contributed by atoms with Crippen molar-refractivity contribution in [3.05, 3.63) is 112 Å². The minimum Gasteiger partial charge on any atom is -0.489 e. The summed E-state index contributed by atoms with van der Waals surface area (Å²) in [5.74, 6) is -1.25. The van der Waals surface area contributed by atoms with Crippen LogP contribution in [-0.2, 0) is 20.9 Å². The van der Waals surface area contributed by atoms with Gasteiger partial charge < -0.3 is 14.8 Å². The summed E-state index contributed by atoms with van der Waals surface area (Å²) in [6.07, 6.45) is 1.59. The van der Waals surface area contributed by atoms with Gasteiger partial charge >= 0.3 is 5.97 Å². The molecule has 0 aromatic heterocycles. The molecule has 0 spiro atoms. The van der Waals surface area contributed by atoms with Crippen molar-refractivity contribution in [2.45, 2.75) is 6.61 Å². The molecule has 8 nitrogen and oxygen atoms in total. The zero-order valence-electron chi connectivity index (χ0n) is 21.8. The number of hydrogen-bond acceptors (Lipinski definition) is 7. The van der Waals surface area contributed by atoms with Gasteiger partial charge in [0.2, 0.25) is 5.91 Å². The van der Waals surface area contributed by atoms with E-state index in [1.54, 1.807) is 24.3 Å². The van der Waals surface area contributed by atoms with Crippen LogP contribution in [0.5, 0.6) is 5.75 Å². The van der Waals surface area contributed by atoms with Crippen molar-refractivity contribution < 1.29 is 28.7 Å². The summed E-state index contributed by atoms with van der Waals surface area (Å²) in [5, 5.41) is 4.41. The number of amides is 3. The summed E-state index contributed by atoms with van der Waals surface area (Å²) >= 11 is 6.77. The van der Waals surface area contributed by atoms with Gasteiger partial charge in [-0.15, -0.1) is 0 Å². The number of benzene rings is 4. The SMILES string of the molecule is COC(=O)c1cc(NC(=O)CN2C(=O)S/C(=C/c3cccc(OCc4cccc5ccccc45)c3)C2=O)ccc1Cl. The maximum atomic E-state index is 13.0. The third-order valence-corrected chi connectivity index (χ3v) is 7.50. The molecule has 206 valence electrons. The van der Waals surface area contributed by atoms with Gasteiger partial charge in [0.25, 0.3) is 11.1 Å². The van der Waals surface area contributed by atoms with Gasteiger partial charge in [0.15, 0.2) is 0 Å². The van der Waals surface area contributed by atoms with Crippen molar-refractivity contribution in [2.75, 3.05) is 19.0 Å². The number of methoxy groups -OCH3 is 1. The molecule has 1 N–H and O–H groups in total. The van der Waals surface area contributed by atoms with E-state index in [1.807, 2.05) is 30.3 Å². The van der Waals surface area contributed by atoms with E-state index in [2.05, 4.69) is 28.3 Å². The average Bonchev–Trinajstić information content (AvgIpc) is 3.23. The second-order valence-corrected chi connectivity index (χ2v) is 10.4. The average molecular weight is 587 g/mol. The fourth-order valence-corrected chi connectivity index (χ4v) is 5.31. The summed E-state index contributed by atoms with van der Waals surface area (Å²) in [4.78, 5) is 51.1. The van der Waals surface area contributed by atoms with Gasteiger partial charge in [-0.1, -0.05) is 66.2 Å². The number of nitrogens with zero attached hydrogens (tertiary/aromatic N) is 1. The number of fused-ring (bicyclic) bond motifs is 1. The van der Waals surface area contributed by atoms with Crippen LogP contribution in [0.2, 0.25) is 5.02 Å². The predicted octanol–water partition coefficient (Wildman–Crippen LogP) is 6.53. The molecule has 1 fully saturated rings. The molecule has 1 heterocycles. The Balaban J connectivity index is 1.24. The van der Waals surface area contributed by atoms with E-state index in [4.69, 9.17) is 16.3 Å². The van der Waals surface area contributed by atoms with Crippen molar-refractivity contribution in [1.29, 1.82) is 0 Å². The molecule has 0 saturated carbocycles. The second kappa shape index (κ2) is 12.3. The number of carbonyl (C=O) groups is 4. The molecule has 4 aromatic rings. The van der Waals surface area contributed by atoms with Gasteiger partial charge in [-0.2, -0.15) is 0 Å². The number of halogens is 1. The monoisotopic (exact) mass is 586 g/mol. The van der Waals surface area contributed by atoms with Crippen LogP contribution in [0.3, 0.4) is 0 Å². The minimum absolute atomic E-state index is 0.0735. The minimum atomic E-state index is -0.662. The number of imide groups is 1. The lowest BCUT2D eigenvalue weighted by Gasteiger charge is -2.13. The lowest BCUT2D eigenvalue weighted by atomic mass is 10.1. The second-order valence-electron chi connectivity index (χ2n) is 9.00. The zero-order valence-corrected chi connectivity index (χ0v) is 23.3. The van der Waals surface area contributed by atoms with Crippen molar-refractivity contribution in [3.8, 4) is 5.75 Å². The molecule has 0 bridgehead atoms. The maximum Gasteiger partial charge on any atom is 0.339 e. The van der Waals surface area contributed by atoms with Crippen LogP contribution < -0.4 is 10.1 Å². The Kier molecular flexibility index (Phi) is 8.37. The molecule has 3 amide bonds. The van der Waals surface area contributed by atoms with Crippen molar-refractivity contribution >= 4 is 68.9 Å². The molecule has 1 aliphatic rings. The van der Waals surface area contributed by atoms with Crippen LogP contribution >= 0.6 is 23.4 Å². The molecule has 10 heteroatoms. The van der Waals surface area contributed by atoms with Crippen LogP contribution in [0.4, 0.5) is 10.5 Å². The standard InChI is InChI=1S/C31H23ClN2O6S/c1-39-30(37)25-16-22(12-13-26(25)32)33-28(35)17-34-29(36)27(41-31(34)38)15-19-6-4-10-23(14-19)40-18-21-9-5-8-20-7-2-3-11-24(20)21/h2-16H,17-18H2,1H3,(H,33,35)/b27-15+. The molecule has 1 aliphatic heterocycles. The van der Waals surface area contributed by atoms with Gasteiger partial charge in [0, 0.05) is 5.69 Å². The number of ether oxygens (including phenoxy) is 2. The number of hydrogen-bond donors (Lipinski definition) is 1. The highest BCUT2D eigenvalue weighted by Crippen LogP contribution is 2.33. The van der Waals surface area contributed by atoms with E-state index in [1.165, 1.54) is 25.3 Å². The first kappa shape index (κ1) is 27.9. The Labute approximate surface area is 244 Å². The summed E-state index contributed by atoms with van der Waals surface area (Å²) in [6.45, 7) is -0.127. The predicted molar refractivity (Wildman–Crippen MR) is 159 cm³/mol. The van der Waals surface area contributed by atoms with Gasteiger partial charge in [-0.25, -0.2) is 4.79 Å². The Morgan fingerprint density at radius 2 is 1.76 bits per heavy atom. The van der Waals surface area contributed by atoms with Crippen LogP contribution in [0.25, 0.3) is 16.8 Å². The Hall–Kier alpha value is -4.60. The summed E-state index contributed by atoms with van der Waals surface area (Å²) in [6, 6.07) is 25.6. The van der Waals surface area contributed by atoms with E-state index >= 15 is 0 Å². The fourth-order valence-electron chi connectivity index (χ4n) is 4.27. The van der Waals surface area contributed by atoms with E-state index < -0.39 is 29.6 Å². The molecule has 0 radical (unpaired) electrons. The number of rotatable bonds is 8. The highest BCUT2D eigenvalue weighted by atomic mass is 35.5. The molecule has 41 heavy (non-hydrogen) atoms.